The predicted octanol–water partition coefficient (Wildman–Crippen LogP) is 3.71. The summed E-state index contributed by atoms with van der Waals surface area (Å²) in [6.07, 6.45) is 0. The molecule has 130 valence electrons. The van der Waals surface area contributed by atoms with Gasteiger partial charge in [0.25, 0.3) is 5.91 Å². The van der Waals surface area contributed by atoms with Crippen LogP contribution in [0.1, 0.15) is 20.7 Å². The highest BCUT2D eigenvalue weighted by Gasteiger charge is 2.08. The van der Waals surface area contributed by atoms with Crippen LogP contribution in [0, 0.1) is 0 Å². The predicted molar refractivity (Wildman–Crippen MR) is 101 cm³/mol. The van der Waals surface area contributed by atoms with E-state index < -0.39 is 5.91 Å². The molecule has 3 aromatic rings. The van der Waals surface area contributed by atoms with E-state index in [1.54, 1.807) is 19.2 Å². The van der Waals surface area contributed by atoms with Crippen molar-refractivity contribution < 1.29 is 14.3 Å². The number of hydrogen-bond donors (Lipinski definition) is 2. The monoisotopic (exact) mass is 346 g/mol. The highest BCUT2D eigenvalue weighted by atomic mass is 16.5. The Balaban J connectivity index is 1.72. The number of primary amides is 1. The summed E-state index contributed by atoms with van der Waals surface area (Å²) in [6.45, 7) is 0. The molecule has 0 spiro atoms. The maximum atomic E-state index is 12.3. The van der Waals surface area contributed by atoms with E-state index in [1.165, 1.54) is 12.1 Å². The Morgan fingerprint density at radius 2 is 1.50 bits per heavy atom. The number of rotatable bonds is 5. The number of nitrogens with one attached hydrogen (secondary N) is 1. The smallest absolute Gasteiger partial charge is 0.255 e. The fourth-order valence-corrected chi connectivity index (χ4v) is 2.54. The molecular formula is C21H18N2O3. The zero-order valence-corrected chi connectivity index (χ0v) is 14.2. The van der Waals surface area contributed by atoms with Gasteiger partial charge in [0.2, 0.25) is 5.91 Å². The summed E-state index contributed by atoms with van der Waals surface area (Å²) in [6, 6.07) is 21.5. The van der Waals surface area contributed by atoms with Crippen LogP contribution in [0.25, 0.3) is 11.1 Å². The molecule has 0 aliphatic rings. The van der Waals surface area contributed by atoms with Gasteiger partial charge in [0.15, 0.2) is 0 Å². The molecule has 0 bridgehead atoms. The summed E-state index contributed by atoms with van der Waals surface area (Å²) in [4.78, 5) is 23.4. The van der Waals surface area contributed by atoms with Crippen LogP contribution in [0.5, 0.6) is 5.75 Å². The third-order valence-corrected chi connectivity index (χ3v) is 3.98. The fourth-order valence-electron chi connectivity index (χ4n) is 2.54. The first-order valence-electron chi connectivity index (χ1n) is 8.02. The van der Waals surface area contributed by atoms with Crippen LogP contribution < -0.4 is 15.8 Å². The average molecular weight is 346 g/mol. The Morgan fingerprint density at radius 1 is 0.846 bits per heavy atom. The number of amides is 2. The van der Waals surface area contributed by atoms with Crippen molar-refractivity contribution in [3.63, 3.8) is 0 Å². The van der Waals surface area contributed by atoms with Crippen LogP contribution in [-0.4, -0.2) is 18.9 Å². The molecule has 2 amide bonds. The number of methoxy groups -OCH3 is 1. The lowest BCUT2D eigenvalue weighted by molar-refractivity contribution is 0.0995. The normalized spacial score (nSPS) is 10.2. The second-order valence-electron chi connectivity index (χ2n) is 5.71. The van der Waals surface area contributed by atoms with Crippen LogP contribution >= 0.6 is 0 Å². The van der Waals surface area contributed by atoms with E-state index in [4.69, 9.17) is 10.5 Å². The summed E-state index contributed by atoms with van der Waals surface area (Å²) < 4.78 is 5.24. The zero-order valence-electron chi connectivity index (χ0n) is 14.2. The molecular weight excluding hydrogens is 328 g/mol. The average Bonchev–Trinajstić information content (AvgIpc) is 2.68. The minimum atomic E-state index is -0.523. The maximum Gasteiger partial charge on any atom is 0.255 e. The largest absolute Gasteiger partial charge is 0.497 e. The number of anilines is 1. The molecule has 0 heterocycles. The van der Waals surface area contributed by atoms with Gasteiger partial charge in [-0.2, -0.15) is 0 Å². The molecule has 0 saturated carbocycles. The topological polar surface area (TPSA) is 81.4 Å². The minimum absolute atomic E-state index is 0.254. The van der Waals surface area contributed by atoms with Gasteiger partial charge in [-0.1, -0.05) is 24.3 Å². The van der Waals surface area contributed by atoms with Crippen LogP contribution in [0.3, 0.4) is 0 Å². The number of carbonyl (C=O) groups excluding carboxylic acids is 2. The molecule has 0 radical (unpaired) electrons. The second kappa shape index (κ2) is 7.53. The summed E-state index contributed by atoms with van der Waals surface area (Å²) in [7, 11) is 1.63. The van der Waals surface area contributed by atoms with Crippen molar-refractivity contribution in [2.75, 3.05) is 12.4 Å². The molecule has 26 heavy (non-hydrogen) atoms. The Bertz CT molecular complexity index is 932. The van der Waals surface area contributed by atoms with Crippen LogP contribution in [0.2, 0.25) is 0 Å². The standard InChI is InChI=1S/C21H18N2O3/c1-26-19-4-2-3-17(13-19)14-9-11-18(12-10-14)23-21(25)16-7-5-15(6-8-16)20(22)24/h2-13H,1H3,(H2,22,24)(H,23,25). The van der Waals surface area contributed by atoms with Crippen molar-refractivity contribution in [1.82, 2.24) is 0 Å². The van der Waals surface area contributed by atoms with Gasteiger partial charge in [-0.15, -0.1) is 0 Å². The van der Waals surface area contributed by atoms with Crippen molar-refractivity contribution in [2.24, 2.45) is 5.73 Å². The third-order valence-electron chi connectivity index (χ3n) is 3.98. The molecule has 3 rings (SSSR count). The number of ether oxygens (including phenoxy) is 1. The lowest BCUT2D eigenvalue weighted by Gasteiger charge is -2.08. The van der Waals surface area contributed by atoms with Crippen LogP contribution in [-0.2, 0) is 0 Å². The first kappa shape index (κ1) is 17.2. The van der Waals surface area contributed by atoms with Gasteiger partial charge in [-0.05, 0) is 59.7 Å². The molecule has 0 atom stereocenters. The molecule has 0 aliphatic heterocycles. The highest BCUT2D eigenvalue weighted by Crippen LogP contribution is 2.25. The van der Waals surface area contributed by atoms with Gasteiger partial charge in [0.05, 0.1) is 7.11 Å². The van der Waals surface area contributed by atoms with Crippen LogP contribution in [0.4, 0.5) is 5.69 Å². The van der Waals surface area contributed by atoms with Gasteiger partial charge in [0.1, 0.15) is 5.75 Å². The number of nitrogens with two attached hydrogens (primary N) is 1. The van der Waals surface area contributed by atoms with Gasteiger partial charge in [0, 0.05) is 16.8 Å². The van der Waals surface area contributed by atoms with E-state index in [2.05, 4.69) is 5.32 Å². The van der Waals surface area contributed by atoms with Crippen molar-refractivity contribution in [3.8, 4) is 16.9 Å². The van der Waals surface area contributed by atoms with Gasteiger partial charge in [-0.25, -0.2) is 0 Å². The third kappa shape index (κ3) is 3.89. The van der Waals surface area contributed by atoms with Gasteiger partial charge >= 0.3 is 0 Å². The zero-order chi connectivity index (χ0) is 18.5. The second-order valence-corrected chi connectivity index (χ2v) is 5.71. The number of hydrogen-bond acceptors (Lipinski definition) is 3. The number of carbonyl (C=O) groups is 2. The van der Waals surface area contributed by atoms with Crippen molar-refractivity contribution in [3.05, 3.63) is 83.9 Å². The molecule has 3 aromatic carbocycles. The van der Waals surface area contributed by atoms with E-state index in [9.17, 15) is 9.59 Å². The number of benzene rings is 3. The van der Waals surface area contributed by atoms with Crippen LogP contribution in [0.15, 0.2) is 72.8 Å². The van der Waals surface area contributed by atoms with Crippen molar-refractivity contribution in [2.45, 2.75) is 0 Å². The SMILES string of the molecule is COc1cccc(-c2ccc(NC(=O)c3ccc(C(N)=O)cc3)cc2)c1. The molecule has 3 N–H and O–H groups in total. The van der Waals surface area contributed by atoms with E-state index in [0.717, 1.165) is 16.9 Å². The van der Waals surface area contributed by atoms with Crippen molar-refractivity contribution >= 4 is 17.5 Å². The van der Waals surface area contributed by atoms with E-state index in [0.29, 0.717) is 16.8 Å². The molecule has 0 aromatic heterocycles. The Hall–Kier alpha value is -3.60. The van der Waals surface area contributed by atoms with Crippen molar-refractivity contribution in [1.29, 1.82) is 0 Å². The summed E-state index contributed by atoms with van der Waals surface area (Å²) >= 11 is 0. The Morgan fingerprint density at radius 3 is 2.12 bits per heavy atom. The first-order chi connectivity index (χ1) is 12.6. The Labute approximate surface area is 151 Å². The first-order valence-corrected chi connectivity index (χ1v) is 8.02. The van der Waals surface area contributed by atoms with E-state index in [-0.39, 0.29) is 5.91 Å². The van der Waals surface area contributed by atoms with E-state index >= 15 is 0 Å². The quantitative estimate of drug-likeness (QED) is 0.739. The maximum absolute atomic E-state index is 12.3. The molecule has 0 saturated heterocycles. The Kier molecular flexibility index (Phi) is 4.99. The van der Waals surface area contributed by atoms with E-state index in [1.807, 2.05) is 48.5 Å². The van der Waals surface area contributed by atoms with Gasteiger partial charge in [-0.3, -0.25) is 9.59 Å². The molecule has 0 aliphatic carbocycles. The summed E-state index contributed by atoms with van der Waals surface area (Å²) in [5, 5.41) is 2.83. The molecule has 0 fully saturated rings. The lowest BCUT2D eigenvalue weighted by atomic mass is 10.0. The summed E-state index contributed by atoms with van der Waals surface area (Å²) in [5.74, 6) is 0.0135. The highest BCUT2D eigenvalue weighted by molar-refractivity contribution is 6.05. The lowest BCUT2D eigenvalue weighted by Crippen LogP contribution is -2.14. The molecule has 5 nitrogen and oxygen atoms in total. The fraction of sp³-hybridized carbons (Fsp3) is 0.0476. The molecule has 0 unspecified atom stereocenters. The minimum Gasteiger partial charge on any atom is -0.497 e. The summed E-state index contributed by atoms with van der Waals surface area (Å²) in [5.41, 5.74) is 8.75. The van der Waals surface area contributed by atoms with Gasteiger partial charge < -0.3 is 15.8 Å². The molecule has 5 heteroatoms.